The lowest BCUT2D eigenvalue weighted by atomic mass is 10.1. The molecule has 2 aromatic carbocycles. The third-order valence-corrected chi connectivity index (χ3v) is 3.88. The average Bonchev–Trinajstić information content (AvgIpc) is 2.61. The minimum Gasteiger partial charge on any atom is -0.493 e. The number of nitro groups is 1. The molecule has 0 amide bonds. The lowest BCUT2D eigenvalue weighted by Crippen LogP contribution is -2.08. The molecule has 2 N–H and O–H groups in total. The molecule has 0 aromatic heterocycles. The van der Waals surface area contributed by atoms with Crippen LogP contribution in [0.15, 0.2) is 36.4 Å². The van der Waals surface area contributed by atoms with Crippen LogP contribution < -0.4 is 14.8 Å². The van der Waals surface area contributed by atoms with Gasteiger partial charge in [0.25, 0.3) is 5.69 Å². The topological polar surface area (TPSA) is 93.9 Å². The van der Waals surface area contributed by atoms with E-state index in [4.69, 9.17) is 26.2 Å². The molecule has 25 heavy (non-hydrogen) atoms. The molecule has 0 aliphatic rings. The summed E-state index contributed by atoms with van der Waals surface area (Å²) >= 11 is 6.11. The highest BCUT2D eigenvalue weighted by molar-refractivity contribution is 6.33. The van der Waals surface area contributed by atoms with Gasteiger partial charge in [0.15, 0.2) is 11.5 Å². The van der Waals surface area contributed by atoms with Crippen molar-refractivity contribution in [3.8, 4) is 11.5 Å². The molecular weight excluding hydrogens is 348 g/mol. The number of nitrogens with one attached hydrogen (secondary N) is 1. The van der Waals surface area contributed by atoms with E-state index in [1.54, 1.807) is 12.1 Å². The highest BCUT2D eigenvalue weighted by Crippen LogP contribution is 2.33. The Hall–Kier alpha value is -2.51. The summed E-state index contributed by atoms with van der Waals surface area (Å²) in [5.74, 6) is 1.09. The summed E-state index contributed by atoms with van der Waals surface area (Å²) < 4.78 is 10.7. The zero-order valence-corrected chi connectivity index (χ0v) is 14.6. The molecule has 0 saturated heterocycles. The lowest BCUT2D eigenvalue weighted by molar-refractivity contribution is -0.384. The molecule has 2 rings (SSSR count). The molecule has 0 saturated carbocycles. The number of rotatable bonds is 8. The van der Waals surface area contributed by atoms with Crippen LogP contribution in [0, 0.1) is 10.1 Å². The van der Waals surface area contributed by atoms with Crippen LogP contribution in [0.1, 0.15) is 18.5 Å². The van der Waals surface area contributed by atoms with Crippen LogP contribution in [0.5, 0.6) is 11.5 Å². The molecule has 2 aromatic rings. The van der Waals surface area contributed by atoms with Gasteiger partial charge in [-0.2, -0.15) is 0 Å². The number of nitro benzene ring substituents is 1. The molecule has 0 aliphatic heterocycles. The quantitative estimate of drug-likeness (QED) is 0.545. The molecule has 1 unspecified atom stereocenters. The Morgan fingerprint density at radius 3 is 2.64 bits per heavy atom. The summed E-state index contributed by atoms with van der Waals surface area (Å²) in [4.78, 5) is 10.3. The largest absolute Gasteiger partial charge is 0.493 e. The van der Waals surface area contributed by atoms with Gasteiger partial charge in [-0.3, -0.25) is 10.1 Å². The number of methoxy groups -OCH3 is 1. The first kappa shape index (κ1) is 18.8. The number of aliphatic hydroxyl groups is 1. The third-order valence-electron chi connectivity index (χ3n) is 3.57. The molecule has 0 radical (unpaired) electrons. The van der Waals surface area contributed by atoms with E-state index in [1.807, 2.05) is 19.1 Å². The van der Waals surface area contributed by atoms with Crippen LogP contribution in [-0.2, 0) is 0 Å². The average molecular weight is 367 g/mol. The van der Waals surface area contributed by atoms with E-state index in [2.05, 4.69) is 5.32 Å². The van der Waals surface area contributed by atoms with Crippen molar-refractivity contribution in [2.45, 2.75) is 13.0 Å². The van der Waals surface area contributed by atoms with Gasteiger partial charge >= 0.3 is 0 Å². The smallest absolute Gasteiger partial charge is 0.271 e. The Labute approximate surface area is 150 Å². The first-order chi connectivity index (χ1) is 12.0. The SMILES string of the molecule is COc1cc(C(C)Nc2ccc([N+](=O)[O-])cc2Cl)ccc1OCCO. The highest BCUT2D eigenvalue weighted by Gasteiger charge is 2.14. The number of anilines is 1. The van der Waals surface area contributed by atoms with Crippen molar-refractivity contribution in [2.24, 2.45) is 0 Å². The molecule has 8 heteroatoms. The Kier molecular flexibility index (Phi) is 6.44. The van der Waals surface area contributed by atoms with Crippen molar-refractivity contribution in [3.63, 3.8) is 0 Å². The van der Waals surface area contributed by atoms with Crippen molar-refractivity contribution in [2.75, 3.05) is 25.6 Å². The second-order valence-corrected chi connectivity index (χ2v) is 5.68. The van der Waals surface area contributed by atoms with Crippen LogP contribution in [0.3, 0.4) is 0 Å². The zero-order chi connectivity index (χ0) is 18.4. The second-order valence-electron chi connectivity index (χ2n) is 5.27. The van der Waals surface area contributed by atoms with Gasteiger partial charge in [-0.05, 0) is 30.7 Å². The summed E-state index contributed by atoms with van der Waals surface area (Å²) in [7, 11) is 1.54. The number of halogens is 1. The van der Waals surface area contributed by atoms with Gasteiger partial charge in [-0.25, -0.2) is 0 Å². The molecule has 0 bridgehead atoms. The van der Waals surface area contributed by atoms with Crippen molar-refractivity contribution < 1.29 is 19.5 Å². The Bertz CT molecular complexity index is 754. The van der Waals surface area contributed by atoms with Crippen LogP contribution in [0.4, 0.5) is 11.4 Å². The van der Waals surface area contributed by atoms with Gasteiger partial charge in [0.1, 0.15) is 6.61 Å². The molecule has 0 aliphatic carbocycles. The predicted molar refractivity (Wildman–Crippen MR) is 95.7 cm³/mol. The monoisotopic (exact) mass is 366 g/mol. The Morgan fingerprint density at radius 2 is 2.04 bits per heavy atom. The van der Waals surface area contributed by atoms with Crippen molar-refractivity contribution >= 4 is 23.0 Å². The van der Waals surface area contributed by atoms with Gasteiger partial charge in [-0.1, -0.05) is 17.7 Å². The number of aliphatic hydroxyl groups excluding tert-OH is 1. The van der Waals surface area contributed by atoms with E-state index in [-0.39, 0.29) is 30.0 Å². The fourth-order valence-electron chi connectivity index (χ4n) is 2.28. The molecule has 0 heterocycles. The predicted octanol–water partition coefficient (Wildman–Crippen LogP) is 3.80. The summed E-state index contributed by atoms with van der Waals surface area (Å²) in [6.45, 7) is 2.03. The van der Waals surface area contributed by atoms with Crippen LogP contribution in [0.25, 0.3) is 0 Å². The van der Waals surface area contributed by atoms with Gasteiger partial charge in [0.2, 0.25) is 0 Å². The molecule has 7 nitrogen and oxygen atoms in total. The van der Waals surface area contributed by atoms with Crippen LogP contribution in [0.2, 0.25) is 5.02 Å². The number of hydrogen-bond donors (Lipinski definition) is 2. The fourth-order valence-corrected chi connectivity index (χ4v) is 2.51. The van der Waals surface area contributed by atoms with E-state index in [1.165, 1.54) is 19.2 Å². The van der Waals surface area contributed by atoms with E-state index in [9.17, 15) is 10.1 Å². The highest BCUT2D eigenvalue weighted by atomic mass is 35.5. The van der Waals surface area contributed by atoms with Gasteiger partial charge < -0.3 is 19.9 Å². The first-order valence-electron chi connectivity index (χ1n) is 7.58. The third kappa shape index (κ3) is 4.74. The van der Waals surface area contributed by atoms with E-state index in [0.717, 1.165) is 5.56 Å². The minimum atomic E-state index is -0.491. The van der Waals surface area contributed by atoms with Gasteiger partial charge in [0.05, 0.1) is 29.4 Å². The maximum Gasteiger partial charge on any atom is 0.271 e. The Balaban J connectivity index is 2.17. The standard InChI is InChI=1S/C17H19ClN2O5/c1-11(19-15-5-4-13(20(22)23)10-14(15)18)12-3-6-16(25-8-7-21)17(9-12)24-2/h3-6,9-11,19,21H,7-8H2,1-2H3. The fraction of sp³-hybridized carbons (Fsp3) is 0.294. The van der Waals surface area contributed by atoms with Crippen molar-refractivity contribution in [1.29, 1.82) is 0 Å². The van der Waals surface area contributed by atoms with E-state index in [0.29, 0.717) is 17.2 Å². The van der Waals surface area contributed by atoms with Crippen molar-refractivity contribution in [3.05, 3.63) is 57.1 Å². The van der Waals surface area contributed by atoms with E-state index >= 15 is 0 Å². The molecule has 0 spiro atoms. The summed E-state index contributed by atoms with van der Waals surface area (Å²) in [5, 5.41) is 23.1. The van der Waals surface area contributed by atoms with Gasteiger partial charge in [0, 0.05) is 18.2 Å². The number of hydrogen-bond acceptors (Lipinski definition) is 6. The molecular formula is C17H19ClN2O5. The van der Waals surface area contributed by atoms with E-state index < -0.39 is 4.92 Å². The number of ether oxygens (including phenoxy) is 2. The van der Waals surface area contributed by atoms with Crippen molar-refractivity contribution in [1.82, 2.24) is 0 Å². The number of nitrogens with zero attached hydrogens (tertiary/aromatic N) is 1. The number of benzene rings is 2. The molecule has 0 fully saturated rings. The number of non-ortho nitro benzene ring substituents is 1. The maximum atomic E-state index is 10.8. The normalized spacial score (nSPS) is 11.7. The summed E-state index contributed by atoms with van der Waals surface area (Å²) in [6.07, 6.45) is 0. The summed E-state index contributed by atoms with van der Waals surface area (Å²) in [6, 6.07) is 9.61. The Morgan fingerprint density at radius 1 is 1.28 bits per heavy atom. The zero-order valence-electron chi connectivity index (χ0n) is 13.9. The maximum absolute atomic E-state index is 10.8. The minimum absolute atomic E-state index is 0.0599. The van der Waals surface area contributed by atoms with Gasteiger partial charge in [-0.15, -0.1) is 0 Å². The summed E-state index contributed by atoms with van der Waals surface area (Å²) in [5.41, 5.74) is 1.46. The lowest BCUT2D eigenvalue weighted by Gasteiger charge is -2.18. The molecule has 1 atom stereocenters. The van der Waals surface area contributed by atoms with Crippen LogP contribution in [-0.4, -0.2) is 30.4 Å². The second kappa shape index (κ2) is 8.55. The molecule has 134 valence electrons. The van der Waals surface area contributed by atoms with Crippen LogP contribution >= 0.6 is 11.6 Å². The first-order valence-corrected chi connectivity index (χ1v) is 7.96.